The Morgan fingerprint density at radius 3 is 2.34 bits per heavy atom. The van der Waals surface area contributed by atoms with Crippen LogP contribution in [-0.4, -0.2) is 31.5 Å². The first-order chi connectivity index (χ1) is 13.5. The van der Waals surface area contributed by atoms with Crippen LogP contribution in [0.4, 0.5) is 4.39 Å². The molecule has 0 aliphatic heterocycles. The van der Waals surface area contributed by atoms with Crippen molar-refractivity contribution < 1.29 is 9.18 Å². The molecule has 2 unspecified atom stereocenters. The van der Waals surface area contributed by atoms with Crippen molar-refractivity contribution in [1.29, 1.82) is 0 Å². The fraction of sp³-hybridized carbons (Fsp3) is 0.364. The third-order valence-corrected chi connectivity index (χ3v) is 4.63. The average molecular weight is 512 g/mol. The highest BCUT2D eigenvalue weighted by atomic mass is 127. The Hall–Kier alpha value is -2.16. The molecule has 2 atom stereocenters. The minimum Gasteiger partial charge on any atom is -0.369 e. The summed E-state index contributed by atoms with van der Waals surface area (Å²) in [5.41, 5.74) is 7.71. The largest absolute Gasteiger partial charge is 0.369 e. The molecule has 0 aliphatic rings. The molecule has 5 nitrogen and oxygen atoms in total. The molecule has 4 N–H and O–H groups in total. The van der Waals surface area contributed by atoms with E-state index >= 15 is 0 Å². The Labute approximate surface area is 189 Å². The van der Waals surface area contributed by atoms with Crippen LogP contribution in [0.1, 0.15) is 24.5 Å². The number of primary amides is 1. The lowest BCUT2D eigenvalue weighted by Gasteiger charge is -2.20. The van der Waals surface area contributed by atoms with Crippen LogP contribution in [-0.2, 0) is 17.6 Å². The number of guanidine groups is 1. The SMILES string of the molecule is CN=C(NCC(Cc1ccc(F)cc1)C(N)=O)NC(C)CCc1ccccc1.I. The number of halogens is 2. The van der Waals surface area contributed by atoms with Crippen molar-refractivity contribution in [2.24, 2.45) is 16.6 Å². The van der Waals surface area contributed by atoms with Crippen molar-refractivity contribution in [1.82, 2.24) is 10.6 Å². The van der Waals surface area contributed by atoms with Crippen molar-refractivity contribution in [3.8, 4) is 0 Å². The fourth-order valence-corrected chi connectivity index (χ4v) is 2.93. The van der Waals surface area contributed by atoms with Gasteiger partial charge in [-0.05, 0) is 49.4 Å². The second-order valence-corrected chi connectivity index (χ2v) is 6.95. The summed E-state index contributed by atoms with van der Waals surface area (Å²) in [6.45, 7) is 2.46. The summed E-state index contributed by atoms with van der Waals surface area (Å²) in [5.74, 6) is -0.481. The van der Waals surface area contributed by atoms with Crippen LogP contribution >= 0.6 is 24.0 Å². The highest BCUT2D eigenvalue weighted by molar-refractivity contribution is 14.0. The molecule has 0 spiro atoms. The first kappa shape index (κ1) is 24.9. The standard InChI is InChI=1S/C22H29FN4O.HI/c1-16(8-9-17-6-4-3-5-7-17)27-22(25-2)26-15-19(21(24)28)14-18-10-12-20(23)13-11-18;/h3-7,10-13,16,19H,8-9,14-15H2,1-2H3,(H2,24,28)(H2,25,26,27);1H. The van der Waals surface area contributed by atoms with Crippen LogP contribution in [0.5, 0.6) is 0 Å². The van der Waals surface area contributed by atoms with E-state index in [-0.39, 0.29) is 35.8 Å². The van der Waals surface area contributed by atoms with Gasteiger partial charge < -0.3 is 16.4 Å². The summed E-state index contributed by atoms with van der Waals surface area (Å²) in [4.78, 5) is 16.0. The molecule has 0 saturated carbocycles. The van der Waals surface area contributed by atoms with Gasteiger partial charge in [0.2, 0.25) is 5.91 Å². The van der Waals surface area contributed by atoms with E-state index < -0.39 is 11.8 Å². The highest BCUT2D eigenvalue weighted by Crippen LogP contribution is 2.10. The Morgan fingerprint density at radius 2 is 1.76 bits per heavy atom. The first-order valence-corrected chi connectivity index (χ1v) is 9.52. The molecular formula is C22H30FIN4O. The van der Waals surface area contributed by atoms with Gasteiger partial charge in [0.05, 0.1) is 5.92 Å². The molecule has 0 bridgehead atoms. The van der Waals surface area contributed by atoms with Gasteiger partial charge in [-0.1, -0.05) is 42.5 Å². The smallest absolute Gasteiger partial charge is 0.222 e. The second-order valence-electron chi connectivity index (χ2n) is 6.95. The van der Waals surface area contributed by atoms with E-state index in [1.165, 1.54) is 17.7 Å². The zero-order chi connectivity index (χ0) is 20.4. The van der Waals surface area contributed by atoms with Crippen molar-refractivity contribution in [3.05, 3.63) is 71.5 Å². The summed E-state index contributed by atoms with van der Waals surface area (Å²) in [7, 11) is 1.69. The molecule has 0 saturated heterocycles. The molecule has 0 radical (unpaired) electrons. The molecule has 7 heteroatoms. The van der Waals surface area contributed by atoms with Gasteiger partial charge in [0.1, 0.15) is 5.82 Å². The normalized spacial score (nSPS) is 13.1. The highest BCUT2D eigenvalue weighted by Gasteiger charge is 2.17. The number of aryl methyl sites for hydroxylation is 1. The zero-order valence-corrected chi connectivity index (χ0v) is 19.2. The molecule has 2 rings (SSSR count). The number of aliphatic imine (C=N–C) groups is 1. The van der Waals surface area contributed by atoms with Crippen molar-refractivity contribution >= 4 is 35.8 Å². The maximum Gasteiger partial charge on any atom is 0.222 e. The maximum atomic E-state index is 13.0. The quantitative estimate of drug-likeness (QED) is 0.274. The van der Waals surface area contributed by atoms with E-state index in [4.69, 9.17) is 5.73 Å². The number of benzene rings is 2. The number of nitrogens with one attached hydrogen (secondary N) is 2. The lowest BCUT2D eigenvalue weighted by Crippen LogP contribution is -2.46. The van der Waals surface area contributed by atoms with Crippen LogP contribution in [0.2, 0.25) is 0 Å². The minimum atomic E-state index is -0.413. The number of hydrogen-bond donors (Lipinski definition) is 3. The van der Waals surface area contributed by atoms with Crippen LogP contribution in [0.25, 0.3) is 0 Å². The number of nitrogens with zero attached hydrogens (tertiary/aromatic N) is 1. The Bertz CT molecular complexity index is 768. The fourth-order valence-electron chi connectivity index (χ4n) is 2.93. The van der Waals surface area contributed by atoms with E-state index in [0.29, 0.717) is 18.9 Å². The number of rotatable bonds is 9. The summed E-state index contributed by atoms with van der Waals surface area (Å²) in [6.07, 6.45) is 2.38. The van der Waals surface area contributed by atoms with Gasteiger partial charge in [-0.3, -0.25) is 9.79 Å². The Kier molecular flexibility index (Phi) is 11.3. The van der Waals surface area contributed by atoms with E-state index in [0.717, 1.165) is 18.4 Å². The monoisotopic (exact) mass is 512 g/mol. The summed E-state index contributed by atoms with van der Waals surface area (Å²) >= 11 is 0. The minimum absolute atomic E-state index is 0. The lowest BCUT2D eigenvalue weighted by atomic mass is 9.98. The van der Waals surface area contributed by atoms with Crippen molar-refractivity contribution in [2.45, 2.75) is 32.2 Å². The van der Waals surface area contributed by atoms with Crippen LogP contribution in [0, 0.1) is 11.7 Å². The number of amides is 1. The topological polar surface area (TPSA) is 79.5 Å². The number of carbonyl (C=O) groups excluding carboxylic acids is 1. The van der Waals surface area contributed by atoms with E-state index in [1.54, 1.807) is 19.2 Å². The van der Waals surface area contributed by atoms with Gasteiger partial charge in [0.25, 0.3) is 0 Å². The van der Waals surface area contributed by atoms with Gasteiger partial charge in [0.15, 0.2) is 5.96 Å². The number of hydrogen-bond acceptors (Lipinski definition) is 2. The molecule has 0 aromatic heterocycles. The Balaban J connectivity index is 0.00000420. The third-order valence-electron chi connectivity index (χ3n) is 4.63. The summed E-state index contributed by atoms with van der Waals surface area (Å²) in [5, 5.41) is 6.52. The van der Waals surface area contributed by atoms with E-state index in [1.807, 2.05) is 18.2 Å². The first-order valence-electron chi connectivity index (χ1n) is 9.52. The van der Waals surface area contributed by atoms with Gasteiger partial charge in [0, 0.05) is 19.6 Å². The van der Waals surface area contributed by atoms with Crippen LogP contribution < -0.4 is 16.4 Å². The molecule has 2 aromatic carbocycles. The summed E-state index contributed by atoms with van der Waals surface area (Å²) in [6, 6.07) is 16.7. The Morgan fingerprint density at radius 1 is 1.10 bits per heavy atom. The third kappa shape index (κ3) is 9.25. The lowest BCUT2D eigenvalue weighted by molar-refractivity contribution is -0.121. The molecular weight excluding hydrogens is 482 g/mol. The molecule has 1 amide bonds. The summed E-state index contributed by atoms with van der Waals surface area (Å²) < 4.78 is 13.0. The van der Waals surface area contributed by atoms with Gasteiger partial charge in [-0.2, -0.15) is 0 Å². The molecule has 2 aromatic rings. The molecule has 0 heterocycles. The van der Waals surface area contributed by atoms with E-state index in [2.05, 4.69) is 34.7 Å². The number of carbonyl (C=O) groups is 1. The van der Waals surface area contributed by atoms with E-state index in [9.17, 15) is 9.18 Å². The van der Waals surface area contributed by atoms with Crippen molar-refractivity contribution in [3.63, 3.8) is 0 Å². The van der Waals surface area contributed by atoms with Gasteiger partial charge in [-0.25, -0.2) is 4.39 Å². The predicted molar refractivity (Wildman–Crippen MR) is 127 cm³/mol. The zero-order valence-electron chi connectivity index (χ0n) is 16.9. The molecule has 0 fully saturated rings. The second kappa shape index (κ2) is 13.1. The number of nitrogens with two attached hydrogens (primary N) is 1. The van der Waals surface area contributed by atoms with Crippen LogP contribution in [0.15, 0.2) is 59.6 Å². The van der Waals surface area contributed by atoms with Gasteiger partial charge in [-0.15, -0.1) is 24.0 Å². The van der Waals surface area contributed by atoms with Crippen molar-refractivity contribution in [2.75, 3.05) is 13.6 Å². The predicted octanol–water partition coefficient (Wildman–Crippen LogP) is 3.27. The molecule has 0 aliphatic carbocycles. The molecule has 29 heavy (non-hydrogen) atoms. The van der Waals surface area contributed by atoms with Crippen LogP contribution in [0.3, 0.4) is 0 Å². The average Bonchev–Trinajstić information content (AvgIpc) is 2.70. The van der Waals surface area contributed by atoms with Gasteiger partial charge >= 0.3 is 0 Å². The maximum absolute atomic E-state index is 13.0. The molecule has 158 valence electrons.